The lowest BCUT2D eigenvalue weighted by atomic mass is 10.1. The molecule has 0 unspecified atom stereocenters. The largest absolute Gasteiger partial charge is 0.405 e. The van der Waals surface area contributed by atoms with Gasteiger partial charge in [-0.05, 0) is 98.6 Å². The first kappa shape index (κ1) is 24.2. The Morgan fingerprint density at radius 1 is 1.03 bits per heavy atom. The van der Waals surface area contributed by atoms with Gasteiger partial charge in [0.1, 0.15) is 11.5 Å². The average Bonchev–Trinajstić information content (AvgIpc) is 2.90. The van der Waals surface area contributed by atoms with E-state index in [0.29, 0.717) is 29.7 Å². The molecule has 0 aliphatic carbocycles. The van der Waals surface area contributed by atoms with Gasteiger partial charge in [0.05, 0.1) is 11.0 Å². The van der Waals surface area contributed by atoms with Crippen molar-refractivity contribution in [1.29, 1.82) is 0 Å². The predicted octanol–water partition coefficient (Wildman–Crippen LogP) is 4.25. The smallest absolute Gasteiger partial charge is 0.251 e. The summed E-state index contributed by atoms with van der Waals surface area (Å²) >= 11 is 0. The topological polar surface area (TPSA) is 110 Å². The van der Waals surface area contributed by atoms with Crippen molar-refractivity contribution in [2.24, 2.45) is 11.5 Å². The molecule has 182 valence electrons. The molecule has 2 heterocycles. The maximum Gasteiger partial charge on any atom is 0.251 e. The molecule has 1 aromatic heterocycles. The SMILES string of the molecule is N/C=C\C(=C/N)CCCNC(=O)c1ccc2nc(N3CCCCC3)c(-c3ccc(F)cc3)nc2c1. The molecule has 1 fully saturated rings. The lowest BCUT2D eigenvalue weighted by molar-refractivity contribution is 0.0953. The standard InChI is InChI=1S/C27H31FN6O/c28-22-9-6-20(7-10-22)25-26(34-15-2-1-3-16-34)33-23-11-8-21(17-24(23)32-25)27(35)31-14-4-5-19(18-30)12-13-29/h6-13,17-18H,1-5,14-16,29-30H2,(H,31,35)/b13-12-,19-18-. The summed E-state index contributed by atoms with van der Waals surface area (Å²) in [6.45, 7) is 2.33. The Morgan fingerprint density at radius 2 is 1.80 bits per heavy atom. The Kier molecular flexibility index (Phi) is 7.92. The second-order valence-corrected chi connectivity index (χ2v) is 8.61. The quantitative estimate of drug-likeness (QED) is 0.333. The summed E-state index contributed by atoms with van der Waals surface area (Å²) in [5, 5.41) is 2.94. The molecule has 0 bridgehead atoms. The van der Waals surface area contributed by atoms with Gasteiger partial charge in [0.2, 0.25) is 0 Å². The molecule has 0 radical (unpaired) electrons. The summed E-state index contributed by atoms with van der Waals surface area (Å²) in [6, 6.07) is 11.7. The number of halogens is 1. The van der Waals surface area contributed by atoms with E-state index in [0.717, 1.165) is 54.8 Å². The number of amides is 1. The third kappa shape index (κ3) is 5.95. The van der Waals surface area contributed by atoms with E-state index < -0.39 is 0 Å². The molecule has 35 heavy (non-hydrogen) atoms. The number of nitrogens with two attached hydrogens (primary N) is 2. The van der Waals surface area contributed by atoms with Gasteiger partial charge in [-0.25, -0.2) is 14.4 Å². The minimum absolute atomic E-state index is 0.176. The normalized spacial score (nSPS) is 14.5. The minimum Gasteiger partial charge on any atom is -0.405 e. The lowest BCUT2D eigenvalue weighted by Crippen LogP contribution is -2.31. The second kappa shape index (κ2) is 11.5. The predicted molar refractivity (Wildman–Crippen MR) is 138 cm³/mol. The van der Waals surface area contributed by atoms with E-state index in [1.165, 1.54) is 31.0 Å². The Balaban J connectivity index is 1.58. The molecule has 5 N–H and O–H groups in total. The molecule has 1 aliphatic rings. The number of carbonyl (C=O) groups is 1. The highest BCUT2D eigenvalue weighted by Gasteiger charge is 2.20. The van der Waals surface area contributed by atoms with Crippen LogP contribution in [0.1, 0.15) is 42.5 Å². The molecule has 8 heteroatoms. The van der Waals surface area contributed by atoms with Crippen molar-refractivity contribution < 1.29 is 9.18 Å². The van der Waals surface area contributed by atoms with Gasteiger partial charge in [0, 0.05) is 30.8 Å². The zero-order chi connectivity index (χ0) is 24.6. The molecule has 1 aliphatic heterocycles. The van der Waals surface area contributed by atoms with Crippen LogP contribution in [0.5, 0.6) is 0 Å². The molecule has 0 spiro atoms. The monoisotopic (exact) mass is 474 g/mol. The van der Waals surface area contributed by atoms with Gasteiger partial charge in [-0.15, -0.1) is 0 Å². The molecular weight excluding hydrogens is 443 g/mol. The van der Waals surface area contributed by atoms with Gasteiger partial charge in [-0.3, -0.25) is 4.79 Å². The summed E-state index contributed by atoms with van der Waals surface area (Å²) in [4.78, 5) is 24.8. The second-order valence-electron chi connectivity index (χ2n) is 8.61. The highest BCUT2D eigenvalue weighted by Crippen LogP contribution is 2.31. The average molecular weight is 475 g/mol. The van der Waals surface area contributed by atoms with Crippen LogP contribution >= 0.6 is 0 Å². The Bertz CT molecular complexity index is 1230. The molecule has 7 nitrogen and oxygen atoms in total. The first-order valence-electron chi connectivity index (χ1n) is 12.0. The van der Waals surface area contributed by atoms with Crippen LogP contribution in [0.25, 0.3) is 22.3 Å². The summed E-state index contributed by atoms with van der Waals surface area (Å²) in [6.07, 6.45) is 9.58. The number of rotatable bonds is 8. The molecule has 0 atom stereocenters. The van der Waals surface area contributed by atoms with Crippen LogP contribution in [0.3, 0.4) is 0 Å². The third-order valence-electron chi connectivity index (χ3n) is 6.13. The first-order valence-corrected chi connectivity index (χ1v) is 12.0. The zero-order valence-electron chi connectivity index (χ0n) is 19.7. The third-order valence-corrected chi connectivity index (χ3v) is 6.13. The summed E-state index contributed by atoms with van der Waals surface area (Å²) in [5.41, 5.74) is 15.3. The molecule has 1 saturated heterocycles. The van der Waals surface area contributed by atoms with Gasteiger partial charge < -0.3 is 21.7 Å². The molecule has 1 amide bonds. The number of nitrogens with one attached hydrogen (secondary N) is 1. The van der Waals surface area contributed by atoms with Crippen molar-refractivity contribution in [2.45, 2.75) is 32.1 Å². The van der Waals surface area contributed by atoms with Crippen LogP contribution in [-0.4, -0.2) is 35.5 Å². The Morgan fingerprint density at radius 3 is 2.51 bits per heavy atom. The van der Waals surface area contributed by atoms with Crippen LogP contribution in [0.2, 0.25) is 0 Å². The van der Waals surface area contributed by atoms with Crippen molar-refractivity contribution >= 4 is 22.8 Å². The van der Waals surface area contributed by atoms with E-state index in [-0.39, 0.29) is 11.7 Å². The maximum atomic E-state index is 13.6. The number of benzene rings is 2. The van der Waals surface area contributed by atoms with Crippen molar-refractivity contribution in [3.8, 4) is 11.3 Å². The lowest BCUT2D eigenvalue weighted by Gasteiger charge is -2.29. The molecule has 3 aromatic rings. The van der Waals surface area contributed by atoms with E-state index in [4.69, 9.17) is 21.4 Å². The Labute approximate surface area is 204 Å². The molecular formula is C27H31FN6O. The van der Waals surface area contributed by atoms with E-state index in [9.17, 15) is 9.18 Å². The summed E-state index contributed by atoms with van der Waals surface area (Å²) in [7, 11) is 0. The van der Waals surface area contributed by atoms with Gasteiger partial charge in [-0.2, -0.15) is 0 Å². The van der Waals surface area contributed by atoms with E-state index in [1.807, 2.05) is 6.07 Å². The van der Waals surface area contributed by atoms with Crippen LogP contribution in [0.4, 0.5) is 10.2 Å². The van der Waals surface area contributed by atoms with E-state index in [1.54, 1.807) is 30.3 Å². The zero-order valence-corrected chi connectivity index (χ0v) is 19.7. The number of hydrogen-bond donors (Lipinski definition) is 3. The van der Waals surface area contributed by atoms with Gasteiger partial charge in [0.25, 0.3) is 5.91 Å². The van der Waals surface area contributed by atoms with E-state index in [2.05, 4.69) is 10.2 Å². The number of carbonyl (C=O) groups excluding carboxylic acids is 1. The van der Waals surface area contributed by atoms with Gasteiger partial charge in [0.15, 0.2) is 5.82 Å². The number of aromatic nitrogens is 2. The van der Waals surface area contributed by atoms with Crippen molar-refractivity contribution in [1.82, 2.24) is 15.3 Å². The number of fused-ring (bicyclic) bond motifs is 1. The van der Waals surface area contributed by atoms with E-state index >= 15 is 0 Å². The fraction of sp³-hybridized carbons (Fsp3) is 0.296. The summed E-state index contributed by atoms with van der Waals surface area (Å²) < 4.78 is 13.6. The van der Waals surface area contributed by atoms with Crippen LogP contribution in [-0.2, 0) is 0 Å². The van der Waals surface area contributed by atoms with Gasteiger partial charge in [-0.1, -0.05) is 0 Å². The number of piperidine rings is 1. The highest BCUT2D eigenvalue weighted by molar-refractivity contribution is 5.97. The minimum atomic E-state index is -0.297. The van der Waals surface area contributed by atoms with Crippen molar-refractivity contribution in [2.75, 3.05) is 24.5 Å². The van der Waals surface area contributed by atoms with Crippen molar-refractivity contribution in [3.63, 3.8) is 0 Å². The number of nitrogens with zero attached hydrogens (tertiary/aromatic N) is 3. The summed E-state index contributed by atoms with van der Waals surface area (Å²) in [5.74, 6) is 0.329. The fourth-order valence-corrected chi connectivity index (χ4v) is 4.26. The van der Waals surface area contributed by atoms with Crippen molar-refractivity contribution in [3.05, 3.63) is 77.9 Å². The number of hydrogen-bond acceptors (Lipinski definition) is 6. The number of anilines is 1. The van der Waals surface area contributed by atoms with Gasteiger partial charge >= 0.3 is 0 Å². The maximum absolute atomic E-state index is 13.6. The van der Waals surface area contributed by atoms with Crippen LogP contribution < -0.4 is 21.7 Å². The molecule has 0 saturated carbocycles. The van der Waals surface area contributed by atoms with Crippen LogP contribution in [0.15, 0.2) is 66.5 Å². The number of allylic oxidation sites excluding steroid dienone is 2. The molecule has 4 rings (SSSR count). The molecule has 2 aromatic carbocycles. The first-order chi connectivity index (χ1) is 17.1. The fourth-order valence-electron chi connectivity index (χ4n) is 4.26. The Hall–Kier alpha value is -3.94. The van der Waals surface area contributed by atoms with Crippen LogP contribution in [0, 0.1) is 5.82 Å². The highest BCUT2D eigenvalue weighted by atomic mass is 19.1.